The van der Waals surface area contributed by atoms with Crippen LogP contribution in [0.1, 0.15) is 11.4 Å². The van der Waals surface area contributed by atoms with Crippen LogP contribution >= 0.6 is 0 Å². The van der Waals surface area contributed by atoms with E-state index in [4.69, 9.17) is 0 Å². The zero-order valence-corrected chi connectivity index (χ0v) is 7.01. The summed E-state index contributed by atoms with van der Waals surface area (Å²) in [6.45, 7) is 2.34. The van der Waals surface area contributed by atoms with Gasteiger partial charge in [-0.05, 0) is 6.92 Å². The van der Waals surface area contributed by atoms with Gasteiger partial charge in [-0.2, -0.15) is 0 Å². The van der Waals surface area contributed by atoms with Crippen LogP contribution in [-0.2, 0) is 6.54 Å². The Morgan fingerprint density at radius 1 is 1.58 bits per heavy atom. The van der Waals surface area contributed by atoms with E-state index in [2.05, 4.69) is 15.4 Å². The first-order chi connectivity index (χ1) is 5.68. The Balaban J connectivity index is 2.68. The molecule has 0 bridgehead atoms. The van der Waals surface area contributed by atoms with Crippen molar-refractivity contribution in [3.8, 4) is 0 Å². The van der Waals surface area contributed by atoms with Gasteiger partial charge in [0.2, 0.25) is 0 Å². The molecule has 5 nitrogen and oxygen atoms in total. The highest BCUT2D eigenvalue weighted by Gasteiger charge is 2.19. The minimum Gasteiger partial charge on any atom is -0.310 e. The molecule has 0 amide bonds. The number of nitrogens with zero attached hydrogens (tertiary/aromatic N) is 2. The number of aromatic nitrogens is 2. The van der Waals surface area contributed by atoms with Gasteiger partial charge in [-0.1, -0.05) is 0 Å². The number of fused-ring (bicyclic) bond motifs is 1. The summed E-state index contributed by atoms with van der Waals surface area (Å²) in [5.41, 5.74) is 3.67. The van der Waals surface area contributed by atoms with Gasteiger partial charge >= 0.3 is 0 Å². The molecule has 0 saturated heterocycles. The van der Waals surface area contributed by atoms with Crippen molar-refractivity contribution >= 4 is 5.82 Å². The highest BCUT2D eigenvalue weighted by molar-refractivity contribution is 5.47. The molecule has 0 atom stereocenters. The van der Waals surface area contributed by atoms with Crippen molar-refractivity contribution in [1.82, 2.24) is 15.4 Å². The Morgan fingerprint density at radius 2 is 2.33 bits per heavy atom. The van der Waals surface area contributed by atoms with Gasteiger partial charge in [0, 0.05) is 13.6 Å². The van der Waals surface area contributed by atoms with Crippen LogP contribution in [-0.4, -0.2) is 17.0 Å². The molecule has 1 aliphatic heterocycles. The molecule has 5 heteroatoms. The summed E-state index contributed by atoms with van der Waals surface area (Å²) in [6, 6.07) is 0. The number of hydrogen-bond acceptors (Lipinski definition) is 4. The van der Waals surface area contributed by atoms with Gasteiger partial charge in [0.05, 0.1) is 5.56 Å². The monoisotopic (exact) mass is 166 g/mol. The molecule has 0 unspecified atom stereocenters. The number of hydrogen-bond donors (Lipinski definition) is 2. The smallest absolute Gasteiger partial charge is 0.257 e. The Hall–Kier alpha value is -1.36. The molecule has 2 rings (SSSR count). The molecule has 12 heavy (non-hydrogen) atoms. The maximum Gasteiger partial charge on any atom is 0.257 e. The number of anilines is 1. The molecular formula is C7H10N4O. The van der Waals surface area contributed by atoms with Crippen molar-refractivity contribution in [1.29, 1.82) is 0 Å². The number of rotatable bonds is 0. The van der Waals surface area contributed by atoms with Crippen LogP contribution in [0.2, 0.25) is 0 Å². The zero-order valence-electron chi connectivity index (χ0n) is 7.01. The van der Waals surface area contributed by atoms with Crippen molar-refractivity contribution in [2.24, 2.45) is 0 Å². The molecule has 0 radical (unpaired) electrons. The highest BCUT2D eigenvalue weighted by Crippen LogP contribution is 2.15. The first kappa shape index (κ1) is 7.30. The fourth-order valence-corrected chi connectivity index (χ4v) is 1.30. The van der Waals surface area contributed by atoms with E-state index in [1.807, 2.05) is 7.05 Å². The fourth-order valence-electron chi connectivity index (χ4n) is 1.30. The Morgan fingerprint density at radius 3 is 3.08 bits per heavy atom. The maximum atomic E-state index is 11.3. The Labute approximate surface area is 69.4 Å². The van der Waals surface area contributed by atoms with Crippen molar-refractivity contribution in [3.63, 3.8) is 0 Å². The molecule has 1 aliphatic rings. The van der Waals surface area contributed by atoms with Crippen LogP contribution in [0.5, 0.6) is 0 Å². The van der Waals surface area contributed by atoms with E-state index in [9.17, 15) is 4.79 Å². The van der Waals surface area contributed by atoms with Crippen molar-refractivity contribution in [2.75, 3.05) is 12.1 Å². The molecule has 0 fully saturated rings. The quantitative estimate of drug-likeness (QED) is 0.547. The third-order valence-electron chi connectivity index (χ3n) is 1.92. The summed E-state index contributed by atoms with van der Waals surface area (Å²) < 4.78 is 0. The highest BCUT2D eigenvalue weighted by atomic mass is 16.1. The van der Waals surface area contributed by atoms with Gasteiger partial charge in [0.1, 0.15) is 5.82 Å². The summed E-state index contributed by atoms with van der Waals surface area (Å²) in [6.07, 6.45) is 0. The lowest BCUT2D eigenvalue weighted by Crippen LogP contribution is -2.27. The van der Waals surface area contributed by atoms with Crippen molar-refractivity contribution in [2.45, 2.75) is 13.5 Å². The van der Waals surface area contributed by atoms with E-state index in [1.54, 1.807) is 11.9 Å². The standard InChI is InChI=1S/C7H10N4O/c1-4-9-6-5(7(12)10-4)3-8-11(6)2/h8H,3H2,1-2H3,(H,9,10,12). The number of hydrazine groups is 1. The van der Waals surface area contributed by atoms with Gasteiger partial charge in [-0.3, -0.25) is 9.80 Å². The van der Waals surface area contributed by atoms with E-state index >= 15 is 0 Å². The summed E-state index contributed by atoms with van der Waals surface area (Å²) in [5.74, 6) is 1.38. The van der Waals surface area contributed by atoms with E-state index in [0.29, 0.717) is 17.9 Å². The van der Waals surface area contributed by atoms with Gasteiger partial charge < -0.3 is 4.98 Å². The molecule has 64 valence electrons. The van der Waals surface area contributed by atoms with Crippen LogP contribution in [0.3, 0.4) is 0 Å². The molecular weight excluding hydrogens is 156 g/mol. The number of aryl methyl sites for hydroxylation is 1. The first-order valence-electron chi connectivity index (χ1n) is 3.75. The van der Waals surface area contributed by atoms with Gasteiger partial charge in [0.25, 0.3) is 5.56 Å². The third-order valence-corrected chi connectivity index (χ3v) is 1.92. The average molecular weight is 166 g/mol. The molecule has 0 spiro atoms. The third kappa shape index (κ3) is 0.902. The number of aromatic amines is 1. The SMILES string of the molecule is Cc1nc2c(c(=O)[nH]1)CNN2C. The van der Waals surface area contributed by atoms with Crippen LogP contribution < -0.4 is 16.0 Å². The molecule has 0 aromatic carbocycles. The Kier molecular flexibility index (Phi) is 1.41. The lowest BCUT2D eigenvalue weighted by atomic mass is 10.3. The summed E-state index contributed by atoms with van der Waals surface area (Å²) in [7, 11) is 1.84. The topological polar surface area (TPSA) is 61.0 Å². The molecule has 1 aromatic heterocycles. The van der Waals surface area contributed by atoms with Gasteiger partial charge in [-0.15, -0.1) is 0 Å². The second-order valence-corrected chi connectivity index (χ2v) is 2.85. The normalized spacial score (nSPS) is 15.0. The predicted molar refractivity (Wildman–Crippen MR) is 44.8 cm³/mol. The van der Waals surface area contributed by atoms with Crippen LogP contribution in [0.15, 0.2) is 4.79 Å². The molecule has 1 aromatic rings. The minimum absolute atomic E-state index is 0.0469. The summed E-state index contributed by atoms with van der Waals surface area (Å²) in [5, 5.41) is 1.76. The summed E-state index contributed by atoms with van der Waals surface area (Å²) >= 11 is 0. The van der Waals surface area contributed by atoms with Gasteiger partial charge in [-0.25, -0.2) is 10.4 Å². The van der Waals surface area contributed by atoms with Gasteiger partial charge in [0.15, 0.2) is 5.82 Å². The molecule has 2 heterocycles. The average Bonchev–Trinajstić information content (AvgIpc) is 2.33. The molecule has 2 N–H and O–H groups in total. The zero-order chi connectivity index (χ0) is 8.72. The molecule has 0 aliphatic carbocycles. The van der Waals surface area contributed by atoms with Crippen LogP contribution in [0.25, 0.3) is 0 Å². The Bertz CT molecular complexity index is 370. The van der Waals surface area contributed by atoms with E-state index < -0.39 is 0 Å². The van der Waals surface area contributed by atoms with Crippen molar-refractivity contribution in [3.05, 3.63) is 21.7 Å². The van der Waals surface area contributed by atoms with Crippen LogP contribution in [0.4, 0.5) is 5.82 Å². The van der Waals surface area contributed by atoms with E-state index in [1.165, 1.54) is 0 Å². The maximum absolute atomic E-state index is 11.3. The van der Waals surface area contributed by atoms with E-state index in [0.717, 1.165) is 5.82 Å². The predicted octanol–water partition coefficient (Wildman–Crippen LogP) is -0.467. The largest absolute Gasteiger partial charge is 0.310 e. The minimum atomic E-state index is -0.0469. The van der Waals surface area contributed by atoms with Crippen molar-refractivity contribution < 1.29 is 0 Å². The first-order valence-corrected chi connectivity index (χ1v) is 3.75. The van der Waals surface area contributed by atoms with E-state index in [-0.39, 0.29) is 5.56 Å². The van der Waals surface area contributed by atoms with Crippen LogP contribution in [0, 0.1) is 6.92 Å². The second kappa shape index (κ2) is 2.31. The second-order valence-electron chi connectivity index (χ2n) is 2.85. The molecule has 0 saturated carbocycles. The lowest BCUT2D eigenvalue weighted by molar-refractivity contribution is 0.729. The number of H-pyrrole nitrogens is 1. The summed E-state index contributed by atoms with van der Waals surface area (Å²) in [4.78, 5) is 18.2. The number of nitrogens with one attached hydrogen (secondary N) is 2. The fraction of sp³-hybridized carbons (Fsp3) is 0.429. The lowest BCUT2D eigenvalue weighted by Gasteiger charge is -2.09.